The van der Waals surface area contributed by atoms with Crippen LogP contribution in [0.5, 0.6) is 0 Å². The highest BCUT2D eigenvalue weighted by Crippen LogP contribution is 2.27. The Bertz CT molecular complexity index is 375. The van der Waals surface area contributed by atoms with Crippen molar-refractivity contribution in [1.29, 1.82) is 0 Å². The number of hydrogen-bond donors (Lipinski definition) is 2. The van der Waals surface area contributed by atoms with Gasteiger partial charge in [-0.25, -0.2) is 0 Å². The topological polar surface area (TPSA) is 41.3 Å². The van der Waals surface area contributed by atoms with E-state index < -0.39 is 0 Å². The van der Waals surface area contributed by atoms with Gasteiger partial charge in [-0.05, 0) is 24.4 Å². The Balaban J connectivity index is 2.20. The summed E-state index contributed by atoms with van der Waals surface area (Å²) in [6.45, 7) is 2.17. The zero-order chi connectivity index (χ0) is 11.4. The number of benzene rings is 1. The van der Waals surface area contributed by atoms with Crippen molar-refractivity contribution in [2.45, 2.75) is 0 Å². The molecule has 0 saturated carbocycles. The van der Waals surface area contributed by atoms with Gasteiger partial charge in [0.2, 0.25) is 0 Å². The van der Waals surface area contributed by atoms with Gasteiger partial charge in [-0.3, -0.25) is 0 Å². The summed E-state index contributed by atoms with van der Waals surface area (Å²) in [5.74, 6) is 2.36. The summed E-state index contributed by atoms with van der Waals surface area (Å²) in [4.78, 5) is 2.37. The molecular formula is C11H15N3S2. The summed E-state index contributed by atoms with van der Waals surface area (Å²) in [7, 11) is 0. The number of rotatable bonds is 2. The average Bonchev–Trinajstić information content (AvgIpc) is 2.30. The fourth-order valence-electron chi connectivity index (χ4n) is 1.79. The minimum Gasteiger partial charge on any atom is -0.376 e. The maximum atomic E-state index is 5.52. The summed E-state index contributed by atoms with van der Waals surface area (Å²) >= 11 is 6.88. The van der Waals surface area contributed by atoms with E-state index in [1.807, 2.05) is 30.0 Å². The fraction of sp³-hybridized carbons (Fsp3) is 0.364. The molecule has 1 saturated heterocycles. The van der Waals surface area contributed by atoms with Crippen molar-refractivity contribution < 1.29 is 0 Å². The number of thiocarbonyl (C=S) groups is 1. The van der Waals surface area contributed by atoms with E-state index in [2.05, 4.69) is 16.3 Å². The number of hydrogen-bond acceptors (Lipinski definition) is 3. The first-order valence-electron chi connectivity index (χ1n) is 5.25. The summed E-state index contributed by atoms with van der Waals surface area (Å²) in [5.41, 5.74) is 7.71. The van der Waals surface area contributed by atoms with Gasteiger partial charge in [0.1, 0.15) is 0 Å². The second kappa shape index (κ2) is 5.41. The SMILES string of the molecule is NC(=S)Nc1ccccc1N1CCSCC1. The van der Waals surface area contributed by atoms with Gasteiger partial charge in [0, 0.05) is 24.6 Å². The zero-order valence-electron chi connectivity index (χ0n) is 8.98. The molecule has 86 valence electrons. The highest BCUT2D eigenvalue weighted by molar-refractivity contribution is 7.99. The van der Waals surface area contributed by atoms with E-state index in [1.54, 1.807) is 0 Å². The Kier molecular flexibility index (Phi) is 3.90. The molecule has 0 radical (unpaired) electrons. The monoisotopic (exact) mass is 253 g/mol. The van der Waals surface area contributed by atoms with E-state index >= 15 is 0 Å². The third kappa shape index (κ3) is 2.80. The van der Waals surface area contributed by atoms with E-state index in [0.29, 0.717) is 5.11 Å². The van der Waals surface area contributed by atoms with Crippen LogP contribution in [0.4, 0.5) is 11.4 Å². The Morgan fingerprint density at radius 1 is 1.31 bits per heavy atom. The van der Waals surface area contributed by atoms with Crippen LogP contribution in [-0.4, -0.2) is 29.7 Å². The highest BCUT2D eigenvalue weighted by Gasteiger charge is 2.14. The predicted octanol–water partition coefficient (Wildman–Crippen LogP) is 1.90. The van der Waals surface area contributed by atoms with Crippen LogP contribution in [0.1, 0.15) is 0 Å². The second-order valence-corrected chi connectivity index (χ2v) is 5.27. The van der Waals surface area contributed by atoms with Crippen LogP contribution in [0.2, 0.25) is 0 Å². The van der Waals surface area contributed by atoms with Crippen LogP contribution in [0.3, 0.4) is 0 Å². The minimum atomic E-state index is 0.318. The summed E-state index contributed by atoms with van der Waals surface area (Å²) in [5, 5.41) is 3.35. The molecule has 2 rings (SSSR count). The van der Waals surface area contributed by atoms with Crippen LogP contribution in [0.25, 0.3) is 0 Å². The lowest BCUT2D eigenvalue weighted by Gasteiger charge is -2.30. The maximum Gasteiger partial charge on any atom is 0.168 e. The van der Waals surface area contributed by atoms with Crippen molar-refractivity contribution in [2.75, 3.05) is 34.8 Å². The molecule has 1 aromatic rings. The molecule has 3 N–H and O–H groups in total. The van der Waals surface area contributed by atoms with E-state index in [4.69, 9.17) is 18.0 Å². The first-order chi connectivity index (χ1) is 7.77. The molecule has 0 spiro atoms. The Morgan fingerprint density at radius 3 is 2.69 bits per heavy atom. The van der Waals surface area contributed by atoms with Crippen LogP contribution < -0.4 is 16.0 Å². The Morgan fingerprint density at radius 2 is 2.00 bits per heavy atom. The van der Waals surface area contributed by atoms with Gasteiger partial charge in [-0.15, -0.1) is 0 Å². The highest BCUT2D eigenvalue weighted by atomic mass is 32.2. The predicted molar refractivity (Wildman–Crippen MR) is 76.4 cm³/mol. The molecule has 1 heterocycles. The van der Waals surface area contributed by atoms with Crippen LogP contribution in [0.15, 0.2) is 24.3 Å². The largest absolute Gasteiger partial charge is 0.376 e. The number of anilines is 2. The maximum absolute atomic E-state index is 5.52. The molecule has 0 amide bonds. The quantitative estimate of drug-likeness (QED) is 0.788. The smallest absolute Gasteiger partial charge is 0.168 e. The summed E-state index contributed by atoms with van der Waals surface area (Å²) in [6.07, 6.45) is 0. The molecule has 0 bridgehead atoms. The molecular weight excluding hydrogens is 238 g/mol. The first-order valence-corrected chi connectivity index (χ1v) is 6.82. The zero-order valence-corrected chi connectivity index (χ0v) is 10.6. The molecule has 1 aliphatic rings. The van der Waals surface area contributed by atoms with Crippen molar-refractivity contribution in [3.63, 3.8) is 0 Å². The molecule has 0 aromatic heterocycles. The Hall–Kier alpha value is -0.940. The lowest BCUT2D eigenvalue weighted by Crippen LogP contribution is -2.33. The van der Waals surface area contributed by atoms with Crippen LogP contribution >= 0.6 is 24.0 Å². The van der Waals surface area contributed by atoms with Crippen LogP contribution in [-0.2, 0) is 0 Å². The molecule has 0 unspecified atom stereocenters. The van der Waals surface area contributed by atoms with Gasteiger partial charge in [-0.1, -0.05) is 12.1 Å². The number of para-hydroxylation sites is 2. The fourth-order valence-corrected chi connectivity index (χ4v) is 2.81. The second-order valence-electron chi connectivity index (χ2n) is 3.61. The van der Waals surface area contributed by atoms with E-state index in [9.17, 15) is 0 Å². The van der Waals surface area contributed by atoms with E-state index in [0.717, 1.165) is 18.8 Å². The number of nitrogens with two attached hydrogens (primary N) is 1. The van der Waals surface area contributed by atoms with Crippen molar-refractivity contribution in [2.24, 2.45) is 5.73 Å². The van der Waals surface area contributed by atoms with E-state index in [1.165, 1.54) is 17.2 Å². The van der Waals surface area contributed by atoms with Crippen molar-refractivity contribution >= 4 is 40.5 Å². The molecule has 1 aromatic carbocycles. The van der Waals surface area contributed by atoms with Crippen molar-refractivity contribution in [1.82, 2.24) is 0 Å². The molecule has 1 aliphatic heterocycles. The molecule has 1 fully saturated rings. The summed E-state index contributed by atoms with van der Waals surface area (Å²) in [6, 6.07) is 8.15. The van der Waals surface area contributed by atoms with Gasteiger partial charge in [-0.2, -0.15) is 11.8 Å². The average molecular weight is 253 g/mol. The third-order valence-electron chi connectivity index (χ3n) is 2.51. The standard InChI is InChI=1S/C11H15N3S2/c12-11(15)13-9-3-1-2-4-10(9)14-5-7-16-8-6-14/h1-4H,5-8H2,(H3,12,13,15). The first kappa shape index (κ1) is 11.5. The minimum absolute atomic E-state index is 0.318. The van der Waals surface area contributed by atoms with E-state index in [-0.39, 0.29) is 0 Å². The number of thioether (sulfide) groups is 1. The molecule has 16 heavy (non-hydrogen) atoms. The van der Waals surface area contributed by atoms with Crippen molar-refractivity contribution in [3.05, 3.63) is 24.3 Å². The number of nitrogens with zero attached hydrogens (tertiary/aromatic N) is 1. The molecule has 3 nitrogen and oxygen atoms in total. The van der Waals surface area contributed by atoms with Crippen LogP contribution in [0, 0.1) is 0 Å². The number of nitrogens with one attached hydrogen (secondary N) is 1. The van der Waals surface area contributed by atoms with Gasteiger partial charge in [0.25, 0.3) is 0 Å². The lowest BCUT2D eigenvalue weighted by atomic mass is 10.2. The van der Waals surface area contributed by atoms with Gasteiger partial charge in [0.15, 0.2) is 5.11 Å². The third-order valence-corrected chi connectivity index (χ3v) is 3.56. The molecule has 0 atom stereocenters. The Labute approximate surface area is 105 Å². The molecule has 0 aliphatic carbocycles. The lowest BCUT2D eigenvalue weighted by molar-refractivity contribution is 0.860. The van der Waals surface area contributed by atoms with Gasteiger partial charge >= 0.3 is 0 Å². The van der Waals surface area contributed by atoms with Gasteiger partial charge < -0.3 is 16.0 Å². The normalized spacial score (nSPS) is 15.9. The van der Waals surface area contributed by atoms with Crippen molar-refractivity contribution in [3.8, 4) is 0 Å². The van der Waals surface area contributed by atoms with Gasteiger partial charge in [0.05, 0.1) is 11.4 Å². The molecule has 5 heteroatoms. The summed E-state index contributed by atoms with van der Waals surface area (Å²) < 4.78 is 0.